The fraction of sp³-hybridized carbons (Fsp3) is 0.462. The van der Waals surface area contributed by atoms with Crippen LogP contribution < -0.4 is 10.6 Å². The van der Waals surface area contributed by atoms with Crippen molar-refractivity contribution in [2.24, 2.45) is 5.92 Å². The van der Waals surface area contributed by atoms with Crippen LogP contribution in [0.15, 0.2) is 24.3 Å². The number of rotatable bonds is 5. The molecule has 100 valence electrons. The van der Waals surface area contributed by atoms with Gasteiger partial charge in [-0.3, -0.25) is 4.79 Å². The molecule has 0 aromatic heterocycles. The summed E-state index contributed by atoms with van der Waals surface area (Å²) in [7, 11) is 0. The summed E-state index contributed by atoms with van der Waals surface area (Å²) in [6.45, 7) is 2.39. The fourth-order valence-electron chi connectivity index (χ4n) is 1.77. The van der Waals surface area contributed by atoms with Crippen LogP contribution >= 0.6 is 24.0 Å². The van der Waals surface area contributed by atoms with Crippen molar-refractivity contribution < 1.29 is 4.79 Å². The molecule has 0 unspecified atom stereocenters. The normalized spacial score (nSPS) is 14.5. The second-order valence-electron chi connectivity index (χ2n) is 4.38. The Hall–Kier alpha value is -0.770. The van der Waals surface area contributed by atoms with Gasteiger partial charge in [-0.25, -0.2) is 0 Å². The maximum Gasteiger partial charge on any atom is 0.225 e. The molecular formula is C13H18Cl2N2O. The smallest absolute Gasteiger partial charge is 0.225 e. The molecule has 5 heteroatoms. The number of hydrogen-bond acceptors (Lipinski definition) is 2. The Morgan fingerprint density at radius 1 is 1.33 bits per heavy atom. The van der Waals surface area contributed by atoms with E-state index in [2.05, 4.69) is 10.6 Å². The molecule has 2 rings (SSSR count). The number of aryl methyl sites for hydroxylation is 1. The van der Waals surface area contributed by atoms with Crippen molar-refractivity contribution in [2.45, 2.75) is 12.8 Å². The monoisotopic (exact) mass is 288 g/mol. The van der Waals surface area contributed by atoms with Crippen LogP contribution in [0.1, 0.15) is 12.0 Å². The lowest BCUT2D eigenvalue weighted by Crippen LogP contribution is -2.50. The molecule has 1 heterocycles. The molecule has 1 amide bonds. The van der Waals surface area contributed by atoms with Gasteiger partial charge in [0, 0.05) is 24.7 Å². The molecule has 18 heavy (non-hydrogen) atoms. The molecule has 1 aromatic carbocycles. The molecule has 0 radical (unpaired) electrons. The summed E-state index contributed by atoms with van der Waals surface area (Å²) in [6.07, 6.45) is 1.94. The van der Waals surface area contributed by atoms with E-state index in [9.17, 15) is 4.79 Å². The second-order valence-corrected chi connectivity index (χ2v) is 4.81. The van der Waals surface area contributed by atoms with Crippen LogP contribution in [0.3, 0.4) is 0 Å². The summed E-state index contributed by atoms with van der Waals surface area (Å²) in [5.41, 5.74) is 1.26. The predicted molar refractivity (Wildman–Crippen MR) is 76.4 cm³/mol. The maximum absolute atomic E-state index is 11.5. The minimum atomic E-state index is 0. The highest BCUT2D eigenvalue weighted by atomic mass is 35.5. The first-order valence-electron chi connectivity index (χ1n) is 5.98. The molecule has 0 aliphatic carbocycles. The van der Waals surface area contributed by atoms with Gasteiger partial charge in [-0.05, 0) is 30.5 Å². The van der Waals surface area contributed by atoms with Gasteiger partial charge in [-0.15, -0.1) is 12.4 Å². The third-order valence-corrected chi connectivity index (χ3v) is 3.26. The van der Waals surface area contributed by atoms with Gasteiger partial charge in [0.25, 0.3) is 0 Å². The van der Waals surface area contributed by atoms with E-state index in [1.165, 1.54) is 5.56 Å². The van der Waals surface area contributed by atoms with Gasteiger partial charge in [0.05, 0.1) is 5.92 Å². The summed E-state index contributed by atoms with van der Waals surface area (Å²) < 4.78 is 0. The topological polar surface area (TPSA) is 41.1 Å². The fourth-order valence-corrected chi connectivity index (χ4v) is 1.90. The number of hydrogen-bond donors (Lipinski definition) is 2. The summed E-state index contributed by atoms with van der Waals surface area (Å²) in [4.78, 5) is 11.5. The molecule has 0 saturated carbocycles. The minimum absolute atomic E-state index is 0. The zero-order valence-electron chi connectivity index (χ0n) is 10.1. The molecule has 0 spiro atoms. The highest BCUT2D eigenvalue weighted by molar-refractivity contribution is 6.30. The van der Waals surface area contributed by atoms with Gasteiger partial charge in [0.1, 0.15) is 0 Å². The van der Waals surface area contributed by atoms with Crippen molar-refractivity contribution in [3.05, 3.63) is 34.9 Å². The van der Waals surface area contributed by atoms with Gasteiger partial charge >= 0.3 is 0 Å². The molecule has 3 nitrogen and oxygen atoms in total. The van der Waals surface area contributed by atoms with E-state index in [1.807, 2.05) is 24.3 Å². The number of nitrogens with one attached hydrogen (secondary N) is 2. The van der Waals surface area contributed by atoms with E-state index in [0.29, 0.717) is 0 Å². The first kappa shape index (κ1) is 15.3. The molecule has 1 fully saturated rings. The highest BCUT2D eigenvalue weighted by Crippen LogP contribution is 2.10. The van der Waals surface area contributed by atoms with Crippen molar-refractivity contribution in [3.63, 3.8) is 0 Å². The van der Waals surface area contributed by atoms with Gasteiger partial charge in [0.2, 0.25) is 5.91 Å². The number of carbonyl (C=O) groups excluding carboxylic acids is 1. The Morgan fingerprint density at radius 2 is 2.00 bits per heavy atom. The van der Waals surface area contributed by atoms with Crippen LogP contribution in [0.2, 0.25) is 5.02 Å². The second kappa shape index (κ2) is 7.62. The van der Waals surface area contributed by atoms with E-state index in [0.717, 1.165) is 37.5 Å². The lowest BCUT2D eigenvalue weighted by atomic mass is 10.0. The van der Waals surface area contributed by atoms with E-state index in [1.54, 1.807) is 0 Å². The quantitative estimate of drug-likeness (QED) is 0.814. The number of halogens is 2. The van der Waals surface area contributed by atoms with Gasteiger partial charge in [-0.1, -0.05) is 23.7 Å². The largest absolute Gasteiger partial charge is 0.356 e. The molecule has 2 N–H and O–H groups in total. The predicted octanol–water partition coefficient (Wildman–Crippen LogP) is 2.03. The van der Waals surface area contributed by atoms with Crippen molar-refractivity contribution >= 4 is 29.9 Å². The third kappa shape index (κ3) is 4.48. The van der Waals surface area contributed by atoms with Crippen molar-refractivity contribution in [1.82, 2.24) is 10.6 Å². The van der Waals surface area contributed by atoms with Crippen LogP contribution in [0, 0.1) is 5.92 Å². The van der Waals surface area contributed by atoms with E-state index < -0.39 is 0 Å². The summed E-state index contributed by atoms with van der Waals surface area (Å²) >= 11 is 5.81. The first-order chi connectivity index (χ1) is 8.25. The zero-order chi connectivity index (χ0) is 12.1. The van der Waals surface area contributed by atoms with Gasteiger partial charge < -0.3 is 10.6 Å². The summed E-state index contributed by atoms with van der Waals surface area (Å²) in [5, 5.41) is 6.82. The average molecular weight is 289 g/mol. The molecule has 0 bridgehead atoms. The highest BCUT2D eigenvalue weighted by Gasteiger charge is 2.23. The summed E-state index contributed by atoms with van der Waals surface area (Å²) in [6, 6.07) is 7.85. The Balaban J connectivity index is 0.00000162. The minimum Gasteiger partial charge on any atom is -0.356 e. The maximum atomic E-state index is 11.5. The molecule has 1 saturated heterocycles. The molecule has 1 aromatic rings. The average Bonchev–Trinajstić information content (AvgIpc) is 2.24. The molecular weight excluding hydrogens is 271 g/mol. The number of amides is 1. The van der Waals surface area contributed by atoms with Gasteiger partial charge in [-0.2, -0.15) is 0 Å². The van der Waals surface area contributed by atoms with Crippen LogP contribution in [-0.2, 0) is 11.2 Å². The number of carbonyl (C=O) groups is 1. The Kier molecular flexibility index (Phi) is 6.47. The van der Waals surface area contributed by atoms with Crippen molar-refractivity contribution in [2.75, 3.05) is 19.6 Å². The van der Waals surface area contributed by atoms with Crippen molar-refractivity contribution in [3.8, 4) is 0 Å². The molecule has 1 aliphatic rings. The number of benzene rings is 1. The Morgan fingerprint density at radius 3 is 2.56 bits per heavy atom. The Bertz CT molecular complexity index is 377. The lowest BCUT2D eigenvalue weighted by Gasteiger charge is -2.25. The van der Waals surface area contributed by atoms with Crippen molar-refractivity contribution in [1.29, 1.82) is 0 Å². The first-order valence-corrected chi connectivity index (χ1v) is 6.36. The standard InChI is InChI=1S/C13H17ClN2O.ClH/c14-12-5-3-10(4-6-12)2-1-7-16-13(17)11-8-15-9-11;/h3-6,11,15H,1-2,7-9H2,(H,16,17);1H. The third-order valence-electron chi connectivity index (χ3n) is 3.01. The lowest BCUT2D eigenvalue weighted by molar-refractivity contribution is -0.126. The summed E-state index contributed by atoms with van der Waals surface area (Å²) in [5.74, 6) is 0.366. The Labute approximate surface area is 119 Å². The van der Waals surface area contributed by atoms with Crippen LogP contribution in [-0.4, -0.2) is 25.5 Å². The van der Waals surface area contributed by atoms with E-state index in [4.69, 9.17) is 11.6 Å². The van der Waals surface area contributed by atoms with Crippen LogP contribution in [0.5, 0.6) is 0 Å². The van der Waals surface area contributed by atoms with Crippen LogP contribution in [0.25, 0.3) is 0 Å². The zero-order valence-corrected chi connectivity index (χ0v) is 11.7. The molecule has 0 atom stereocenters. The van der Waals surface area contributed by atoms with E-state index >= 15 is 0 Å². The van der Waals surface area contributed by atoms with E-state index in [-0.39, 0.29) is 24.2 Å². The van der Waals surface area contributed by atoms with Gasteiger partial charge in [0.15, 0.2) is 0 Å². The van der Waals surface area contributed by atoms with Crippen LogP contribution in [0.4, 0.5) is 0 Å². The SMILES string of the molecule is Cl.O=C(NCCCc1ccc(Cl)cc1)C1CNC1. The molecule has 1 aliphatic heterocycles.